The quantitative estimate of drug-likeness (QED) is 0.864. The summed E-state index contributed by atoms with van der Waals surface area (Å²) < 4.78 is 5.13. The number of nitrogens with zero attached hydrogens (tertiary/aromatic N) is 1. The molecule has 0 aliphatic rings. The van der Waals surface area contributed by atoms with Gasteiger partial charge in [0.15, 0.2) is 0 Å². The van der Waals surface area contributed by atoms with Crippen molar-refractivity contribution in [1.82, 2.24) is 4.98 Å². The van der Waals surface area contributed by atoms with Gasteiger partial charge in [0.25, 0.3) is 0 Å². The van der Waals surface area contributed by atoms with Gasteiger partial charge >= 0.3 is 5.97 Å². The van der Waals surface area contributed by atoms with Gasteiger partial charge in [0.05, 0.1) is 12.6 Å². The molecule has 94 valence electrons. The van der Waals surface area contributed by atoms with Gasteiger partial charge in [-0.25, -0.2) is 4.98 Å². The van der Waals surface area contributed by atoms with Crippen LogP contribution in [0.2, 0.25) is 0 Å². The number of hydrogen-bond acceptors (Lipinski definition) is 4. The second-order valence-corrected chi connectivity index (χ2v) is 3.96. The van der Waals surface area contributed by atoms with Gasteiger partial charge in [0.2, 0.25) is 0 Å². The Hall–Kier alpha value is -2.30. The van der Waals surface area contributed by atoms with E-state index in [9.17, 15) is 4.79 Å². The molecule has 0 aliphatic heterocycles. The zero-order chi connectivity index (χ0) is 13.1. The van der Waals surface area contributed by atoms with Crippen LogP contribution in [0.3, 0.4) is 0 Å². The molecular weight excluding hydrogens is 232 g/mol. The summed E-state index contributed by atoms with van der Waals surface area (Å²) in [6.07, 6.45) is 0. The van der Waals surface area contributed by atoms with Gasteiger partial charge in [0.1, 0.15) is 17.6 Å². The second-order valence-electron chi connectivity index (χ2n) is 3.96. The molecule has 0 unspecified atom stereocenters. The Morgan fingerprint density at radius 1 is 1.39 bits per heavy atom. The molecule has 1 atom stereocenters. The van der Waals surface area contributed by atoms with Crippen molar-refractivity contribution in [2.24, 2.45) is 0 Å². The maximum absolute atomic E-state index is 10.8. The summed E-state index contributed by atoms with van der Waals surface area (Å²) in [5.41, 5.74) is 0.761. The maximum Gasteiger partial charge on any atom is 0.325 e. The fourth-order valence-corrected chi connectivity index (χ4v) is 1.59. The number of carbonyl (C=O) groups is 1. The van der Waals surface area contributed by atoms with Crippen LogP contribution in [0.15, 0.2) is 30.3 Å². The summed E-state index contributed by atoms with van der Waals surface area (Å²) >= 11 is 0. The molecule has 18 heavy (non-hydrogen) atoms. The number of methoxy groups -OCH3 is 1. The van der Waals surface area contributed by atoms with Crippen LogP contribution in [-0.4, -0.2) is 29.2 Å². The fraction of sp³-hybridized carbons (Fsp3) is 0.231. The van der Waals surface area contributed by atoms with Crippen LogP contribution >= 0.6 is 0 Å². The highest BCUT2D eigenvalue weighted by Gasteiger charge is 2.10. The highest BCUT2D eigenvalue weighted by molar-refractivity contribution is 5.82. The lowest BCUT2D eigenvalue weighted by Gasteiger charge is -2.10. The standard InChI is InChI=1S/C13H14N2O3/c1-8(13(16)17)14-12-6-4-9-3-5-10(18-2)7-11(9)15-12/h3-8H,1-2H3,(H,14,15)(H,16,17)/t8-/m0/s1. The van der Waals surface area contributed by atoms with E-state index in [2.05, 4.69) is 10.3 Å². The third kappa shape index (κ3) is 2.51. The van der Waals surface area contributed by atoms with Crippen LogP contribution in [0.4, 0.5) is 5.82 Å². The Morgan fingerprint density at radius 3 is 2.78 bits per heavy atom. The van der Waals surface area contributed by atoms with Crippen molar-refractivity contribution in [3.05, 3.63) is 30.3 Å². The smallest absolute Gasteiger partial charge is 0.325 e. The van der Waals surface area contributed by atoms with Crippen LogP contribution in [-0.2, 0) is 4.79 Å². The van der Waals surface area contributed by atoms with E-state index in [-0.39, 0.29) is 0 Å². The van der Waals surface area contributed by atoms with E-state index in [0.717, 1.165) is 16.7 Å². The van der Waals surface area contributed by atoms with Gasteiger partial charge in [-0.3, -0.25) is 4.79 Å². The monoisotopic (exact) mass is 246 g/mol. The number of rotatable bonds is 4. The minimum absolute atomic E-state index is 0.533. The average molecular weight is 246 g/mol. The number of fused-ring (bicyclic) bond motifs is 1. The second kappa shape index (κ2) is 4.91. The van der Waals surface area contributed by atoms with Crippen LogP contribution in [0.1, 0.15) is 6.92 Å². The first-order valence-electron chi connectivity index (χ1n) is 5.54. The third-order valence-corrected chi connectivity index (χ3v) is 2.63. The minimum atomic E-state index is -0.914. The molecule has 0 radical (unpaired) electrons. The summed E-state index contributed by atoms with van der Waals surface area (Å²) in [5, 5.41) is 12.6. The van der Waals surface area contributed by atoms with Gasteiger partial charge < -0.3 is 15.2 Å². The van der Waals surface area contributed by atoms with Gasteiger partial charge in [-0.05, 0) is 31.2 Å². The Balaban J connectivity index is 2.33. The Morgan fingerprint density at radius 2 is 2.11 bits per heavy atom. The molecule has 0 spiro atoms. The number of nitrogens with one attached hydrogen (secondary N) is 1. The first-order valence-corrected chi connectivity index (χ1v) is 5.54. The summed E-state index contributed by atoms with van der Waals surface area (Å²) in [6.45, 7) is 1.57. The minimum Gasteiger partial charge on any atom is -0.497 e. The van der Waals surface area contributed by atoms with Crippen LogP contribution in [0.5, 0.6) is 5.75 Å². The predicted molar refractivity (Wildman–Crippen MR) is 69.0 cm³/mol. The van der Waals surface area contributed by atoms with Crippen molar-refractivity contribution in [1.29, 1.82) is 0 Å². The van der Waals surface area contributed by atoms with E-state index in [1.54, 1.807) is 20.1 Å². The zero-order valence-electron chi connectivity index (χ0n) is 10.2. The number of aromatic nitrogens is 1. The molecule has 0 aliphatic carbocycles. The molecule has 0 bridgehead atoms. The maximum atomic E-state index is 10.8. The van der Waals surface area contributed by atoms with Crippen molar-refractivity contribution in [3.8, 4) is 5.75 Å². The first kappa shape index (κ1) is 12.2. The summed E-state index contributed by atoms with van der Waals surface area (Å²) in [5.74, 6) is 0.339. The number of benzene rings is 1. The largest absolute Gasteiger partial charge is 0.497 e. The number of hydrogen-bond donors (Lipinski definition) is 2. The molecule has 2 N–H and O–H groups in total. The molecule has 1 aromatic heterocycles. The summed E-state index contributed by atoms with van der Waals surface area (Å²) in [4.78, 5) is 15.1. The number of pyridine rings is 1. The molecule has 0 saturated heterocycles. The van der Waals surface area contributed by atoms with E-state index in [1.807, 2.05) is 24.3 Å². The lowest BCUT2D eigenvalue weighted by molar-refractivity contribution is -0.137. The lowest BCUT2D eigenvalue weighted by Crippen LogP contribution is -2.25. The average Bonchev–Trinajstić information content (AvgIpc) is 2.37. The summed E-state index contributed by atoms with van der Waals surface area (Å²) in [6, 6.07) is 8.54. The summed E-state index contributed by atoms with van der Waals surface area (Å²) in [7, 11) is 1.59. The lowest BCUT2D eigenvalue weighted by atomic mass is 10.2. The van der Waals surface area contributed by atoms with E-state index < -0.39 is 12.0 Å². The van der Waals surface area contributed by atoms with Crippen LogP contribution in [0, 0.1) is 0 Å². The van der Waals surface area contributed by atoms with Crippen LogP contribution < -0.4 is 10.1 Å². The van der Waals surface area contributed by atoms with Gasteiger partial charge in [-0.15, -0.1) is 0 Å². The Kier molecular flexibility index (Phi) is 3.32. The van der Waals surface area contributed by atoms with Crippen molar-refractivity contribution >= 4 is 22.7 Å². The molecule has 1 heterocycles. The normalized spacial score (nSPS) is 12.1. The van der Waals surface area contributed by atoms with E-state index >= 15 is 0 Å². The molecule has 0 fully saturated rings. The Bertz CT molecular complexity index is 583. The van der Waals surface area contributed by atoms with E-state index in [4.69, 9.17) is 9.84 Å². The molecule has 2 aromatic rings. The third-order valence-electron chi connectivity index (χ3n) is 2.63. The van der Waals surface area contributed by atoms with Gasteiger partial charge in [0, 0.05) is 11.5 Å². The highest BCUT2D eigenvalue weighted by Crippen LogP contribution is 2.21. The van der Waals surface area contributed by atoms with E-state index in [0.29, 0.717) is 5.82 Å². The first-order chi connectivity index (χ1) is 8.60. The van der Waals surface area contributed by atoms with Gasteiger partial charge in [-0.2, -0.15) is 0 Å². The molecule has 0 amide bonds. The number of ether oxygens (including phenoxy) is 1. The zero-order valence-corrected chi connectivity index (χ0v) is 10.2. The number of anilines is 1. The fourth-order valence-electron chi connectivity index (χ4n) is 1.59. The van der Waals surface area contributed by atoms with Crippen molar-refractivity contribution in [3.63, 3.8) is 0 Å². The SMILES string of the molecule is COc1ccc2ccc(N[C@@H](C)C(=O)O)nc2c1. The van der Waals surface area contributed by atoms with Crippen molar-refractivity contribution < 1.29 is 14.6 Å². The molecule has 1 aromatic carbocycles. The molecule has 5 heteroatoms. The number of carboxylic acid groups (broad SMARTS) is 1. The van der Waals surface area contributed by atoms with E-state index in [1.165, 1.54) is 0 Å². The van der Waals surface area contributed by atoms with Crippen LogP contribution in [0.25, 0.3) is 10.9 Å². The molecule has 5 nitrogen and oxygen atoms in total. The highest BCUT2D eigenvalue weighted by atomic mass is 16.5. The number of aliphatic carboxylic acids is 1. The number of carboxylic acids is 1. The molecule has 0 saturated carbocycles. The topological polar surface area (TPSA) is 71.5 Å². The van der Waals surface area contributed by atoms with Crippen molar-refractivity contribution in [2.45, 2.75) is 13.0 Å². The van der Waals surface area contributed by atoms with Gasteiger partial charge in [-0.1, -0.05) is 0 Å². The molecule has 2 rings (SSSR count). The predicted octanol–water partition coefficient (Wildman–Crippen LogP) is 2.13. The van der Waals surface area contributed by atoms with Crippen molar-refractivity contribution in [2.75, 3.05) is 12.4 Å². The molecular formula is C13H14N2O3. The Labute approximate surface area is 104 Å².